The van der Waals surface area contributed by atoms with Gasteiger partial charge in [-0.25, -0.2) is 0 Å². The molecule has 23 heavy (non-hydrogen) atoms. The highest BCUT2D eigenvalue weighted by atomic mass is 16.5. The number of nitrogens with one attached hydrogen (secondary N) is 1. The first-order valence-corrected chi connectivity index (χ1v) is 8.84. The number of carbonyl (C=O) groups excluding carboxylic acids is 1. The number of rotatable bonds is 8. The van der Waals surface area contributed by atoms with E-state index < -0.39 is 0 Å². The zero-order chi connectivity index (χ0) is 16.7. The second kappa shape index (κ2) is 9.04. The van der Waals surface area contributed by atoms with Crippen molar-refractivity contribution in [1.29, 1.82) is 0 Å². The maximum atomic E-state index is 11.9. The Morgan fingerprint density at radius 1 is 1.22 bits per heavy atom. The van der Waals surface area contributed by atoms with Crippen LogP contribution in [-0.2, 0) is 4.74 Å². The number of Topliss-reactive ketones (excluding diaryl/α,β-unsaturated/α-hetero) is 1. The SMILES string of the molecule is CCC(=O)c1ccccc1OCCCC[NH+]1C[C@H](C)O[C@@H](C)C1. The highest BCUT2D eigenvalue weighted by Gasteiger charge is 2.24. The van der Waals surface area contributed by atoms with E-state index in [0.29, 0.717) is 30.8 Å². The van der Waals surface area contributed by atoms with Crippen LogP contribution < -0.4 is 9.64 Å². The van der Waals surface area contributed by atoms with Crippen molar-refractivity contribution >= 4 is 5.78 Å². The highest BCUT2D eigenvalue weighted by molar-refractivity contribution is 5.98. The third-order valence-corrected chi connectivity index (χ3v) is 4.31. The van der Waals surface area contributed by atoms with Crippen LogP contribution in [0.4, 0.5) is 0 Å². The monoisotopic (exact) mass is 320 g/mol. The number of carbonyl (C=O) groups is 1. The van der Waals surface area contributed by atoms with Crippen LogP contribution in [-0.4, -0.2) is 44.2 Å². The highest BCUT2D eigenvalue weighted by Crippen LogP contribution is 2.19. The Morgan fingerprint density at radius 3 is 2.61 bits per heavy atom. The minimum Gasteiger partial charge on any atom is -0.493 e. The second-order valence-electron chi connectivity index (χ2n) is 6.49. The first kappa shape index (κ1) is 18.0. The Morgan fingerprint density at radius 2 is 1.91 bits per heavy atom. The van der Waals surface area contributed by atoms with Gasteiger partial charge in [-0.05, 0) is 38.8 Å². The number of para-hydroxylation sites is 1. The van der Waals surface area contributed by atoms with E-state index in [1.165, 1.54) is 0 Å². The summed E-state index contributed by atoms with van der Waals surface area (Å²) in [6, 6.07) is 7.55. The van der Waals surface area contributed by atoms with Gasteiger partial charge >= 0.3 is 0 Å². The minimum absolute atomic E-state index is 0.140. The van der Waals surface area contributed by atoms with Gasteiger partial charge in [-0.2, -0.15) is 0 Å². The minimum atomic E-state index is 0.140. The van der Waals surface area contributed by atoms with Crippen molar-refractivity contribution in [2.24, 2.45) is 0 Å². The van der Waals surface area contributed by atoms with Crippen LogP contribution in [0.15, 0.2) is 24.3 Å². The Labute approximate surface area is 139 Å². The lowest BCUT2D eigenvalue weighted by atomic mass is 10.1. The lowest BCUT2D eigenvalue weighted by molar-refractivity contribution is -0.915. The Balaban J connectivity index is 1.71. The molecule has 1 N–H and O–H groups in total. The molecule has 1 aliphatic heterocycles. The van der Waals surface area contributed by atoms with Gasteiger partial charge in [0.15, 0.2) is 5.78 Å². The van der Waals surface area contributed by atoms with Crippen molar-refractivity contribution < 1.29 is 19.2 Å². The van der Waals surface area contributed by atoms with Crippen LogP contribution in [0.25, 0.3) is 0 Å². The predicted octanol–water partition coefficient (Wildman–Crippen LogP) is 2.13. The summed E-state index contributed by atoms with van der Waals surface area (Å²) in [6.45, 7) is 10.2. The average Bonchev–Trinajstić information content (AvgIpc) is 2.53. The molecule has 0 unspecified atom stereocenters. The summed E-state index contributed by atoms with van der Waals surface area (Å²) in [7, 11) is 0. The molecule has 4 heteroatoms. The van der Waals surface area contributed by atoms with E-state index >= 15 is 0 Å². The molecule has 4 nitrogen and oxygen atoms in total. The van der Waals surface area contributed by atoms with Gasteiger partial charge in [0.25, 0.3) is 0 Å². The van der Waals surface area contributed by atoms with E-state index in [1.807, 2.05) is 31.2 Å². The van der Waals surface area contributed by atoms with Gasteiger partial charge in [-0.1, -0.05) is 19.1 Å². The third-order valence-electron chi connectivity index (χ3n) is 4.31. The summed E-state index contributed by atoms with van der Waals surface area (Å²) in [5.41, 5.74) is 0.705. The van der Waals surface area contributed by atoms with Crippen molar-refractivity contribution in [3.05, 3.63) is 29.8 Å². The summed E-state index contributed by atoms with van der Waals surface area (Å²) >= 11 is 0. The van der Waals surface area contributed by atoms with E-state index in [2.05, 4.69) is 13.8 Å². The number of morpholine rings is 1. The fraction of sp³-hybridized carbons (Fsp3) is 0.632. The maximum absolute atomic E-state index is 11.9. The van der Waals surface area contributed by atoms with Gasteiger partial charge < -0.3 is 14.4 Å². The van der Waals surface area contributed by atoms with Crippen LogP contribution >= 0.6 is 0 Å². The largest absolute Gasteiger partial charge is 0.493 e. The molecule has 128 valence electrons. The molecule has 0 radical (unpaired) electrons. The molecule has 0 spiro atoms. The fourth-order valence-electron chi connectivity index (χ4n) is 3.27. The fourth-order valence-corrected chi connectivity index (χ4v) is 3.27. The van der Waals surface area contributed by atoms with Crippen molar-refractivity contribution in [3.63, 3.8) is 0 Å². The predicted molar refractivity (Wildman–Crippen MR) is 91.4 cm³/mol. The number of benzene rings is 1. The van der Waals surface area contributed by atoms with Gasteiger partial charge in [0.2, 0.25) is 0 Å². The van der Waals surface area contributed by atoms with Crippen molar-refractivity contribution in [2.75, 3.05) is 26.2 Å². The van der Waals surface area contributed by atoms with E-state index in [0.717, 1.165) is 38.2 Å². The summed E-state index contributed by atoms with van der Waals surface area (Å²) < 4.78 is 11.6. The van der Waals surface area contributed by atoms with Crippen LogP contribution in [0.3, 0.4) is 0 Å². The smallest absolute Gasteiger partial charge is 0.166 e. The Bertz CT molecular complexity index is 493. The molecule has 0 saturated carbocycles. The molecular weight excluding hydrogens is 290 g/mol. The molecule has 1 aliphatic rings. The zero-order valence-corrected chi connectivity index (χ0v) is 14.6. The van der Waals surface area contributed by atoms with Gasteiger partial charge in [0, 0.05) is 6.42 Å². The van der Waals surface area contributed by atoms with Gasteiger partial charge in [-0.15, -0.1) is 0 Å². The van der Waals surface area contributed by atoms with E-state index in [9.17, 15) is 4.79 Å². The van der Waals surface area contributed by atoms with E-state index in [4.69, 9.17) is 9.47 Å². The average molecular weight is 320 g/mol. The summed E-state index contributed by atoms with van der Waals surface area (Å²) in [5, 5.41) is 0. The second-order valence-corrected chi connectivity index (χ2v) is 6.49. The molecule has 1 aromatic carbocycles. The Kier molecular flexibility index (Phi) is 7.06. The zero-order valence-electron chi connectivity index (χ0n) is 14.6. The first-order chi connectivity index (χ1) is 11.1. The number of ketones is 1. The van der Waals surface area contributed by atoms with Crippen molar-refractivity contribution in [2.45, 2.75) is 52.2 Å². The topological polar surface area (TPSA) is 40.0 Å². The molecule has 1 aromatic rings. The number of quaternary nitrogens is 1. The van der Waals surface area contributed by atoms with E-state index in [1.54, 1.807) is 4.90 Å². The van der Waals surface area contributed by atoms with Gasteiger partial charge in [0.1, 0.15) is 31.0 Å². The molecule has 1 fully saturated rings. The van der Waals surface area contributed by atoms with Crippen LogP contribution in [0, 0.1) is 0 Å². The molecule has 1 heterocycles. The summed E-state index contributed by atoms with van der Waals surface area (Å²) in [6.07, 6.45) is 3.38. The summed E-state index contributed by atoms with van der Waals surface area (Å²) in [4.78, 5) is 13.5. The molecule has 0 aliphatic carbocycles. The van der Waals surface area contributed by atoms with Crippen LogP contribution in [0.5, 0.6) is 5.75 Å². The third kappa shape index (κ3) is 5.63. The number of hydrogen-bond acceptors (Lipinski definition) is 3. The number of hydrogen-bond donors (Lipinski definition) is 1. The standard InChI is InChI=1S/C19H29NO3/c1-4-18(21)17-9-5-6-10-19(17)22-12-8-7-11-20-13-15(2)23-16(3)14-20/h5-6,9-10,15-16H,4,7-8,11-14H2,1-3H3/p+1/t15-,16-/m0/s1. The molecule has 2 rings (SSSR count). The molecule has 2 atom stereocenters. The quantitative estimate of drug-likeness (QED) is 0.589. The van der Waals surface area contributed by atoms with Crippen molar-refractivity contribution in [3.8, 4) is 5.75 Å². The van der Waals surface area contributed by atoms with Crippen molar-refractivity contribution in [1.82, 2.24) is 0 Å². The normalized spacial score (nSPS) is 24.4. The molecule has 1 saturated heterocycles. The maximum Gasteiger partial charge on any atom is 0.166 e. The molecule has 0 amide bonds. The van der Waals surface area contributed by atoms with Gasteiger partial charge in [-0.3, -0.25) is 4.79 Å². The van der Waals surface area contributed by atoms with Crippen LogP contribution in [0.2, 0.25) is 0 Å². The molecular formula is C19H30NO3+. The van der Waals surface area contributed by atoms with E-state index in [-0.39, 0.29) is 5.78 Å². The Hall–Kier alpha value is -1.39. The lowest BCUT2D eigenvalue weighted by Crippen LogP contribution is -3.15. The molecule has 0 bridgehead atoms. The lowest BCUT2D eigenvalue weighted by Gasteiger charge is -2.32. The van der Waals surface area contributed by atoms with Gasteiger partial charge in [0.05, 0.1) is 18.7 Å². The first-order valence-electron chi connectivity index (χ1n) is 8.84. The summed E-state index contributed by atoms with van der Waals surface area (Å²) in [5.74, 6) is 0.863. The number of ether oxygens (including phenoxy) is 2. The molecule has 0 aromatic heterocycles. The van der Waals surface area contributed by atoms with Crippen LogP contribution in [0.1, 0.15) is 50.4 Å². The number of unbranched alkanes of at least 4 members (excludes halogenated alkanes) is 1.